The number of hydrogen-bond acceptors (Lipinski definition) is 4. The number of sulfonamides is 1. The molecule has 0 spiro atoms. The van der Waals surface area contributed by atoms with Crippen LogP contribution in [0.15, 0.2) is 18.2 Å². The maximum Gasteiger partial charge on any atom is 0.326 e. The molecule has 1 fully saturated rings. The molecule has 0 aromatic heterocycles. The molecule has 1 N–H and O–H groups in total. The molecule has 0 radical (unpaired) electrons. The molecule has 0 bridgehead atoms. The number of carbonyl (C=O) groups is 2. The van der Waals surface area contributed by atoms with Gasteiger partial charge in [-0.3, -0.25) is 9.10 Å². The van der Waals surface area contributed by atoms with Gasteiger partial charge in [-0.2, -0.15) is 0 Å². The molecule has 3 rings (SSSR count). The lowest BCUT2D eigenvalue weighted by molar-refractivity contribution is -0.141. The van der Waals surface area contributed by atoms with E-state index in [0.717, 1.165) is 0 Å². The van der Waals surface area contributed by atoms with Gasteiger partial charge in [-0.1, -0.05) is 0 Å². The van der Waals surface area contributed by atoms with Crippen LogP contribution in [0.1, 0.15) is 42.6 Å². The molecule has 1 saturated heterocycles. The summed E-state index contributed by atoms with van der Waals surface area (Å²) in [6.45, 7) is 3.61. The second-order valence-corrected chi connectivity index (χ2v) is 9.23. The summed E-state index contributed by atoms with van der Waals surface area (Å²) < 4.78 is 25.1. The zero-order chi connectivity index (χ0) is 17.9. The largest absolute Gasteiger partial charge is 0.480 e. The van der Waals surface area contributed by atoms with Crippen LogP contribution in [0.4, 0.5) is 5.69 Å². The second-order valence-electron chi connectivity index (χ2n) is 6.71. The van der Waals surface area contributed by atoms with Crippen LogP contribution in [0, 0.1) is 0 Å². The molecule has 8 heteroatoms. The predicted molar refractivity (Wildman–Crippen MR) is 88.5 cm³/mol. The van der Waals surface area contributed by atoms with Crippen molar-refractivity contribution in [1.82, 2.24) is 4.90 Å². The third-order valence-electron chi connectivity index (χ3n) is 5.04. The Morgan fingerprint density at radius 1 is 1.29 bits per heavy atom. The molecule has 1 amide bonds. The number of nitrogens with zero attached hydrogens (tertiary/aromatic N) is 2. The van der Waals surface area contributed by atoms with E-state index >= 15 is 0 Å². The molecule has 24 heavy (non-hydrogen) atoms. The SMILES string of the molecule is CN1c2ccc(C(=O)N3CCCC3C(=O)O)cc2C(C)(C)S1(=O)=O. The van der Waals surface area contributed by atoms with Gasteiger partial charge in [0.15, 0.2) is 0 Å². The highest BCUT2D eigenvalue weighted by atomic mass is 32.2. The minimum absolute atomic E-state index is 0.320. The number of carbonyl (C=O) groups excluding carboxylic acids is 1. The predicted octanol–water partition coefficient (Wildman–Crippen LogP) is 1.39. The summed E-state index contributed by atoms with van der Waals surface area (Å²) in [5, 5.41) is 9.24. The van der Waals surface area contributed by atoms with E-state index in [4.69, 9.17) is 0 Å². The van der Waals surface area contributed by atoms with Crippen LogP contribution in [-0.4, -0.2) is 49.9 Å². The van der Waals surface area contributed by atoms with Gasteiger partial charge in [0.25, 0.3) is 5.91 Å². The molecule has 2 aliphatic heterocycles. The van der Waals surface area contributed by atoms with E-state index in [1.54, 1.807) is 32.0 Å². The van der Waals surface area contributed by atoms with Gasteiger partial charge in [0.2, 0.25) is 10.0 Å². The van der Waals surface area contributed by atoms with Gasteiger partial charge in [-0.25, -0.2) is 13.2 Å². The first kappa shape index (κ1) is 16.8. The molecular weight excluding hydrogens is 332 g/mol. The van der Waals surface area contributed by atoms with E-state index in [9.17, 15) is 23.1 Å². The fourth-order valence-corrected chi connectivity index (χ4v) is 5.01. The molecule has 2 heterocycles. The fourth-order valence-electron chi connectivity index (χ4n) is 3.47. The summed E-state index contributed by atoms with van der Waals surface area (Å²) in [5.74, 6) is -1.38. The minimum atomic E-state index is -3.53. The van der Waals surface area contributed by atoms with Crippen molar-refractivity contribution in [3.63, 3.8) is 0 Å². The van der Waals surface area contributed by atoms with Gasteiger partial charge in [0.05, 0.1) is 5.69 Å². The Balaban J connectivity index is 2.02. The average Bonchev–Trinajstić information content (AvgIpc) is 3.06. The third-order valence-corrected chi connectivity index (χ3v) is 7.46. The first-order valence-electron chi connectivity index (χ1n) is 7.76. The maximum absolute atomic E-state index is 12.7. The van der Waals surface area contributed by atoms with Crippen molar-refractivity contribution in [3.05, 3.63) is 29.3 Å². The molecule has 1 aromatic carbocycles. The monoisotopic (exact) mass is 352 g/mol. The van der Waals surface area contributed by atoms with Crippen LogP contribution in [0.25, 0.3) is 0 Å². The topological polar surface area (TPSA) is 95.0 Å². The van der Waals surface area contributed by atoms with Crippen molar-refractivity contribution in [3.8, 4) is 0 Å². The Morgan fingerprint density at radius 2 is 1.96 bits per heavy atom. The number of amides is 1. The number of carboxylic acids is 1. The van der Waals surface area contributed by atoms with Gasteiger partial charge >= 0.3 is 5.97 Å². The van der Waals surface area contributed by atoms with Crippen molar-refractivity contribution in [1.29, 1.82) is 0 Å². The van der Waals surface area contributed by atoms with Crippen molar-refractivity contribution >= 4 is 27.6 Å². The minimum Gasteiger partial charge on any atom is -0.480 e. The average molecular weight is 352 g/mol. The zero-order valence-electron chi connectivity index (χ0n) is 13.8. The number of hydrogen-bond donors (Lipinski definition) is 1. The highest BCUT2D eigenvalue weighted by molar-refractivity contribution is 7.94. The maximum atomic E-state index is 12.7. The summed E-state index contributed by atoms with van der Waals surface area (Å²) >= 11 is 0. The summed E-state index contributed by atoms with van der Waals surface area (Å²) in [4.78, 5) is 25.4. The van der Waals surface area contributed by atoms with Gasteiger partial charge in [-0.05, 0) is 50.5 Å². The fraction of sp³-hybridized carbons (Fsp3) is 0.500. The number of fused-ring (bicyclic) bond motifs is 1. The molecular formula is C16H20N2O5S. The van der Waals surface area contributed by atoms with E-state index in [-0.39, 0.29) is 5.91 Å². The van der Waals surface area contributed by atoms with Crippen LogP contribution in [0.5, 0.6) is 0 Å². The molecule has 0 saturated carbocycles. The summed E-state index contributed by atoms with van der Waals surface area (Å²) in [7, 11) is -2.04. The molecule has 1 unspecified atom stereocenters. The van der Waals surface area contributed by atoms with E-state index in [0.29, 0.717) is 36.2 Å². The Labute approximate surface area is 140 Å². The van der Waals surface area contributed by atoms with Crippen molar-refractivity contribution < 1.29 is 23.1 Å². The van der Waals surface area contributed by atoms with E-state index in [1.807, 2.05) is 0 Å². The van der Waals surface area contributed by atoms with Crippen molar-refractivity contribution in [2.24, 2.45) is 0 Å². The first-order chi connectivity index (χ1) is 11.1. The molecule has 7 nitrogen and oxygen atoms in total. The highest BCUT2D eigenvalue weighted by Crippen LogP contribution is 2.46. The lowest BCUT2D eigenvalue weighted by Gasteiger charge is -2.22. The number of anilines is 1. The zero-order valence-corrected chi connectivity index (χ0v) is 14.6. The van der Waals surface area contributed by atoms with Gasteiger partial charge in [0.1, 0.15) is 10.8 Å². The van der Waals surface area contributed by atoms with Crippen LogP contribution in [0.2, 0.25) is 0 Å². The number of benzene rings is 1. The summed E-state index contributed by atoms with van der Waals surface area (Å²) in [6, 6.07) is 3.94. The molecule has 1 atom stereocenters. The van der Waals surface area contributed by atoms with Gasteiger partial charge in [-0.15, -0.1) is 0 Å². The first-order valence-corrected chi connectivity index (χ1v) is 9.20. The lowest BCUT2D eigenvalue weighted by Crippen LogP contribution is -2.40. The molecule has 2 aliphatic rings. The van der Waals surface area contributed by atoms with E-state index < -0.39 is 26.8 Å². The third kappa shape index (κ3) is 2.12. The Kier molecular flexibility index (Phi) is 3.63. The number of likely N-dealkylation sites (tertiary alicyclic amines) is 1. The summed E-state index contributed by atoms with van der Waals surface area (Å²) in [6.07, 6.45) is 1.09. The quantitative estimate of drug-likeness (QED) is 0.868. The van der Waals surface area contributed by atoms with Gasteiger partial charge in [0, 0.05) is 19.2 Å². The molecule has 130 valence electrons. The van der Waals surface area contributed by atoms with Crippen LogP contribution in [0.3, 0.4) is 0 Å². The van der Waals surface area contributed by atoms with Crippen molar-refractivity contribution in [2.45, 2.75) is 37.5 Å². The van der Waals surface area contributed by atoms with Crippen molar-refractivity contribution in [2.75, 3.05) is 17.9 Å². The van der Waals surface area contributed by atoms with Crippen LogP contribution in [-0.2, 0) is 19.6 Å². The van der Waals surface area contributed by atoms with Gasteiger partial charge < -0.3 is 10.0 Å². The van der Waals surface area contributed by atoms with Crippen LogP contribution < -0.4 is 4.31 Å². The number of carboxylic acid groups (broad SMARTS) is 1. The Bertz CT molecular complexity index is 831. The van der Waals surface area contributed by atoms with E-state index in [1.165, 1.54) is 16.3 Å². The highest BCUT2D eigenvalue weighted by Gasteiger charge is 2.48. The lowest BCUT2D eigenvalue weighted by atomic mass is 9.97. The Morgan fingerprint density at radius 3 is 2.58 bits per heavy atom. The Hall–Kier alpha value is -2.09. The van der Waals surface area contributed by atoms with E-state index in [2.05, 4.69) is 0 Å². The second kappa shape index (κ2) is 5.20. The number of rotatable bonds is 2. The molecule has 1 aromatic rings. The molecule has 0 aliphatic carbocycles. The smallest absolute Gasteiger partial charge is 0.326 e. The number of aliphatic carboxylic acids is 1. The van der Waals surface area contributed by atoms with Crippen LogP contribution >= 0.6 is 0 Å². The normalized spacial score (nSPS) is 24.0. The summed E-state index contributed by atoms with van der Waals surface area (Å²) in [5.41, 5.74) is 1.43. The standard InChI is InChI=1S/C16H20N2O5S/c1-16(2)11-9-10(6-7-12(11)17(3)24(16,22)23)14(19)18-8-4-5-13(18)15(20)21/h6-7,9,13H,4-5,8H2,1-3H3,(H,20,21).